The molecule has 4 nitrogen and oxygen atoms in total. The highest BCUT2D eigenvalue weighted by atomic mass is 79.9. The topological polar surface area (TPSA) is 52.9 Å². The summed E-state index contributed by atoms with van der Waals surface area (Å²) < 4.78 is 1.41. The van der Waals surface area contributed by atoms with Crippen molar-refractivity contribution in [1.82, 2.24) is 3.93 Å². The van der Waals surface area contributed by atoms with E-state index in [1.165, 1.54) is 3.93 Å². The van der Waals surface area contributed by atoms with Crippen molar-refractivity contribution in [1.29, 1.82) is 0 Å². The summed E-state index contributed by atoms with van der Waals surface area (Å²) >= 11 is 3.18. The molecule has 1 fully saturated rings. The van der Waals surface area contributed by atoms with Gasteiger partial charge in [-0.15, -0.1) is 0 Å². The first-order valence-electron chi connectivity index (χ1n) is 4.49. The Bertz CT molecular complexity index is 405. The molecule has 0 radical (unpaired) electrons. The van der Waals surface area contributed by atoms with E-state index in [4.69, 9.17) is 5.21 Å². The van der Waals surface area contributed by atoms with Gasteiger partial charge in [0.2, 0.25) is 0 Å². The summed E-state index contributed by atoms with van der Waals surface area (Å²) in [6.07, 6.45) is 0.421. The van der Waals surface area contributed by atoms with Gasteiger partial charge in [0.15, 0.2) is 0 Å². The molecule has 5 heteroatoms. The van der Waals surface area contributed by atoms with Crippen LogP contribution >= 0.6 is 16.1 Å². The number of benzene rings is 1. The van der Waals surface area contributed by atoms with Gasteiger partial charge in [0.05, 0.1) is 22.2 Å². The second-order valence-electron chi connectivity index (χ2n) is 3.29. The Labute approximate surface area is 95.5 Å². The molecule has 0 saturated carbocycles. The minimum atomic E-state index is -0.286. The van der Waals surface area contributed by atoms with Gasteiger partial charge in [0.1, 0.15) is 5.71 Å². The predicted octanol–water partition coefficient (Wildman–Crippen LogP) is 2.10. The second kappa shape index (κ2) is 4.02. The zero-order chi connectivity index (χ0) is 10.8. The van der Waals surface area contributed by atoms with Crippen LogP contribution in [0.3, 0.4) is 0 Å². The Morgan fingerprint density at radius 1 is 1.40 bits per heavy atom. The third-order valence-electron chi connectivity index (χ3n) is 2.41. The SMILES string of the molecule is O=C1/C(=N\O)C[C@@H](c2ccccc2)N1Br. The Morgan fingerprint density at radius 2 is 2.07 bits per heavy atom. The lowest BCUT2D eigenvalue weighted by Gasteiger charge is -2.16. The summed E-state index contributed by atoms with van der Waals surface area (Å²) in [6, 6.07) is 9.52. The van der Waals surface area contributed by atoms with Gasteiger partial charge >= 0.3 is 0 Å². The molecule has 0 aliphatic carbocycles. The van der Waals surface area contributed by atoms with Crippen molar-refractivity contribution >= 4 is 27.8 Å². The van der Waals surface area contributed by atoms with Crippen LogP contribution < -0.4 is 0 Å². The van der Waals surface area contributed by atoms with Crippen molar-refractivity contribution in [2.24, 2.45) is 5.16 Å². The van der Waals surface area contributed by atoms with Crippen LogP contribution in [0.15, 0.2) is 35.5 Å². The molecule has 1 aromatic rings. The van der Waals surface area contributed by atoms with Gasteiger partial charge in [-0.2, -0.15) is 0 Å². The fourth-order valence-corrected chi connectivity index (χ4v) is 2.21. The maximum absolute atomic E-state index is 11.5. The van der Waals surface area contributed by atoms with Gasteiger partial charge in [-0.3, -0.25) is 8.72 Å². The Balaban J connectivity index is 2.30. The van der Waals surface area contributed by atoms with Crippen molar-refractivity contribution < 1.29 is 10.0 Å². The second-order valence-corrected chi connectivity index (χ2v) is 4.06. The maximum atomic E-state index is 11.5. The molecule has 1 aliphatic rings. The number of carbonyl (C=O) groups excluding carboxylic acids is 1. The van der Waals surface area contributed by atoms with Gasteiger partial charge in [0.25, 0.3) is 5.91 Å². The summed E-state index contributed by atoms with van der Waals surface area (Å²) in [7, 11) is 0. The number of hydrogen-bond acceptors (Lipinski definition) is 3. The van der Waals surface area contributed by atoms with E-state index < -0.39 is 0 Å². The average molecular weight is 269 g/mol. The van der Waals surface area contributed by atoms with Crippen LogP contribution in [0.5, 0.6) is 0 Å². The highest BCUT2D eigenvalue weighted by Crippen LogP contribution is 2.33. The number of nitrogens with zero attached hydrogens (tertiary/aromatic N) is 2. The quantitative estimate of drug-likeness (QED) is 0.482. The molecule has 0 bridgehead atoms. The molecule has 15 heavy (non-hydrogen) atoms. The first-order chi connectivity index (χ1) is 7.24. The van der Waals surface area contributed by atoms with E-state index in [9.17, 15) is 4.79 Å². The molecule has 1 aromatic carbocycles. The van der Waals surface area contributed by atoms with Gasteiger partial charge in [-0.25, -0.2) is 0 Å². The fraction of sp³-hybridized carbons (Fsp3) is 0.200. The molecule has 0 unspecified atom stereocenters. The van der Waals surface area contributed by atoms with Crippen molar-refractivity contribution in [3.05, 3.63) is 35.9 Å². The van der Waals surface area contributed by atoms with E-state index in [0.29, 0.717) is 6.42 Å². The molecular formula is C10H9BrN2O2. The number of amides is 1. The first kappa shape index (κ1) is 10.2. The lowest BCUT2D eigenvalue weighted by molar-refractivity contribution is -0.118. The lowest BCUT2D eigenvalue weighted by Crippen LogP contribution is -2.19. The van der Waals surface area contributed by atoms with Crippen molar-refractivity contribution in [3.63, 3.8) is 0 Å². The monoisotopic (exact) mass is 268 g/mol. The van der Waals surface area contributed by atoms with Gasteiger partial charge in [-0.1, -0.05) is 35.5 Å². The molecule has 1 heterocycles. The van der Waals surface area contributed by atoms with Gasteiger partial charge in [-0.05, 0) is 5.56 Å². The predicted molar refractivity (Wildman–Crippen MR) is 58.8 cm³/mol. The van der Waals surface area contributed by atoms with E-state index >= 15 is 0 Å². The fourth-order valence-electron chi connectivity index (χ4n) is 1.62. The van der Waals surface area contributed by atoms with E-state index in [-0.39, 0.29) is 17.7 Å². The number of halogens is 1. The van der Waals surface area contributed by atoms with Crippen LogP contribution in [-0.4, -0.2) is 20.8 Å². The van der Waals surface area contributed by atoms with Gasteiger partial charge in [0, 0.05) is 6.42 Å². The van der Waals surface area contributed by atoms with Crippen LogP contribution in [-0.2, 0) is 4.79 Å². The van der Waals surface area contributed by atoms with Crippen molar-refractivity contribution in [2.45, 2.75) is 12.5 Å². The molecule has 2 rings (SSSR count). The van der Waals surface area contributed by atoms with Gasteiger partial charge < -0.3 is 5.21 Å². The normalized spacial score (nSPS) is 23.8. The van der Waals surface area contributed by atoms with E-state index in [0.717, 1.165) is 5.56 Å². The summed E-state index contributed by atoms with van der Waals surface area (Å²) in [5.41, 5.74) is 1.20. The molecule has 0 spiro atoms. The number of oxime groups is 1. The minimum Gasteiger partial charge on any atom is -0.410 e. The smallest absolute Gasteiger partial charge is 0.282 e. The lowest BCUT2D eigenvalue weighted by atomic mass is 10.1. The van der Waals surface area contributed by atoms with Crippen LogP contribution in [0.1, 0.15) is 18.0 Å². The molecule has 0 aromatic heterocycles. The van der Waals surface area contributed by atoms with E-state index in [1.54, 1.807) is 0 Å². The highest BCUT2D eigenvalue weighted by molar-refractivity contribution is 9.07. The van der Waals surface area contributed by atoms with E-state index in [2.05, 4.69) is 21.3 Å². The van der Waals surface area contributed by atoms with Crippen LogP contribution in [0, 0.1) is 0 Å². The van der Waals surface area contributed by atoms with Crippen molar-refractivity contribution in [3.8, 4) is 0 Å². The Hall–Kier alpha value is -1.36. The van der Waals surface area contributed by atoms with Crippen LogP contribution in [0.2, 0.25) is 0 Å². The van der Waals surface area contributed by atoms with Crippen LogP contribution in [0.4, 0.5) is 0 Å². The Morgan fingerprint density at radius 3 is 2.60 bits per heavy atom. The zero-order valence-corrected chi connectivity index (χ0v) is 9.39. The molecule has 1 saturated heterocycles. The first-order valence-corrected chi connectivity index (χ1v) is 5.20. The zero-order valence-electron chi connectivity index (χ0n) is 7.80. The maximum Gasteiger partial charge on any atom is 0.282 e. The molecule has 1 N–H and O–H groups in total. The summed E-state index contributed by atoms with van der Waals surface area (Å²) in [6.45, 7) is 0. The highest BCUT2D eigenvalue weighted by Gasteiger charge is 2.36. The van der Waals surface area contributed by atoms with Crippen molar-refractivity contribution in [2.75, 3.05) is 0 Å². The average Bonchev–Trinajstić information content (AvgIpc) is 2.57. The largest absolute Gasteiger partial charge is 0.410 e. The number of hydrogen-bond donors (Lipinski definition) is 1. The summed E-state index contributed by atoms with van der Waals surface area (Å²) in [5.74, 6) is -0.286. The standard InChI is InChI=1S/C10H9BrN2O2/c11-13-9(6-8(12-15)10(13)14)7-4-2-1-3-5-7/h1-5,9,15H,6H2/b12-8-/t9-/m0/s1. The Kier molecular flexibility index (Phi) is 2.73. The molecule has 1 atom stereocenters. The molecule has 78 valence electrons. The third-order valence-corrected chi connectivity index (χ3v) is 3.22. The number of rotatable bonds is 1. The third kappa shape index (κ3) is 1.74. The summed E-state index contributed by atoms with van der Waals surface area (Å²) in [5, 5.41) is 11.6. The van der Waals surface area contributed by atoms with Crippen LogP contribution in [0.25, 0.3) is 0 Å². The summed E-state index contributed by atoms with van der Waals surface area (Å²) in [4.78, 5) is 11.5. The number of carbonyl (C=O) groups is 1. The molecule has 1 aliphatic heterocycles. The minimum absolute atomic E-state index is 0.0930. The molecular weight excluding hydrogens is 260 g/mol. The molecule has 1 amide bonds. The van der Waals surface area contributed by atoms with E-state index in [1.807, 2.05) is 30.3 Å².